The molecule has 0 aliphatic carbocycles. The molecule has 0 heterocycles. The quantitative estimate of drug-likeness (QED) is 0.855. The predicted molar refractivity (Wildman–Crippen MR) is 79.4 cm³/mol. The summed E-state index contributed by atoms with van der Waals surface area (Å²) in [5, 5.41) is 0. The summed E-state index contributed by atoms with van der Waals surface area (Å²) in [7, 11) is 0. The van der Waals surface area contributed by atoms with Crippen molar-refractivity contribution in [2.24, 2.45) is 0 Å². The molecule has 0 atom stereocenters. The Labute approximate surface area is 113 Å². The Morgan fingerprint density at radius 1 is 1.16 bits per heavy atom. The van der Waals surface area contributed by atoms with E-state index in [9.17, 15) is 4.79 Å². The predicted octanol–water partition coefficient (Wildman–Crippen LogP) is 3.24. The van der Waals surface area contributed by atoms with Gasteiger partial charge in [-0.3, -0.25) is 4.79 Å². The van der Waals surface area contributed by atoms with Crippen LogP contribution in [0.2, 0.25) is 0 Å². The first-order chi connectivity index (χ1) is 9.13. The number of carbonyl (C=O) groups is 1. The summed E-state index contributed by atoms with van der Waals surface area (Å²) < 4.78 is 0. The van der Waals surface area contributed by atoms with Crippen molar-refractivity contribution in [2.45, 2.75) is 13.8 Å². The second-order valence-electron chi connectivity index (χ2n) is 4.48. The van der Waals surface area contributed by atoms with E-state index in [1.807, 2.05) is 62.4 Å². The Hall–Kier alpha value is -2.29. The third-order valence-corrected chi connectivity index (χ3v) is 3.05. The van der Waals surface area contributed by atoms with Gasteiger partial charge in [-0.15, -0.1) is 0 Å². The highest BCUT2D eigenvalue weighted by Gasteiger charge is 2.17. The van der Waals surface area contributed by atoms with Crippen molar-refractivity contribution in [2.75, 3.05) is 17.2 Å². The third kappa shape index (κ3) is 2.76. The van der Waals surface area contributed by atoms with Crippen LogP contribution in [-0.4, -0.2) is 12.5 Å². The Bertz CT molecular complexity index is 593. The molecule has 3 heteroatoms. The fourth-order valence-corrected chi connectivity index (χ4v) is 2.09. The highest BCUT2D eigenvalue weighted by atomic mass is 16.2. The number of nitrogens with two attached hydrogens (primary N) is 1. The molecule has 0 aliphatic heterocycles. The van der Waals surface area contributed by atoms with Crippen molar-refractivity contribution in [3.63, 3.8) is 0 Å². The fourth-order valence-electron chi connectivity index (χ4n) is 2.09. The van der Waals surface area contributed by atoms with Crippen molar-refractivity contribution < 1.29 is 4.79 Å². The van der Waals surface area contributed by atoms with Gasteiger partial charge >= 0.3 is 0 Å². The number of hydrogen-bond donors (Lipinski definition) is 1. The Morgan fingerprint density at radius 2 is 1.89 bits per heavy atom. The zero-order valence-corrected chi connectivity index (χ0v) is 11.3. The summed E-state index contributed by atoms with van der Waals surface area (Å²) in [5.74, 6) is -0.0240. The number of amides is 1. The van der Waals surface area contributed by atoms with E-state index in [0.717, 1.165) is 11.3 Å². The van der Waals surface area contributed by atoms with Gasteiger partial charge in [-0.25, -0.2) is 0 Å². The van der Waals surface area contributed by atoms with E-state index >= 15 is 0 Å². The molecule has 0 saturated heterocycles. The first-order valence-corrected chi connectivity index (χ1v) is 6.36. The molecule has 2 rings (SSSR count). The second-order valence-corrected chi connectivity index (χ2v) is 4.48. The number of carbonyl (C=O) groups excluding carboxylic acids is 1. The summed E-state index contributed by atoms with van der Waals surface area (Å²) in [6.07, 6.45) is 0. The zero-order chi connectivity index (χ0) is 13.8. The standard InChI is InChI=1S/C16H18N2O/c1-3-18(15-10-5-4-9-14(15)17)16(19)13-8-6-7-12(2)11-13/h4-11H,3,17H2,1-2H3. The molecule has 2 aromatic carbocycles. The summed E-state index contributed by atoms with van der Waals surface area (Å²) in [4.78, 5) is 14.2. The van der Waals surface area contributed by atoms with Crippen LogP contribution in [0.15, 0.2) is 48.5 Å². The van der Waals surface area contributed by atoms with Gasteiger partial charge in [-0.1, -0.05) is 29.8 Å². The van der Waals surface area contributed by atoms with Gasteiger partial charge in [0.15, 0.2) is 0 Å². The van der Waals surface area contributed by atoms with Crippen LogP contribution in [0, 0.1) is 6.92 Å². The van der Waals surface area contributed by atoms with E-state index in [1.54, 1.807) is 4.90 Å². The Balaban J connectivity index is 2.38. The van der Waals surface area contributed by atoms with E-state index in [4.69, 9.17) is 5.73 Å². The molecule has 3 nitrogen and oxygen atoms in total. The molecule has 0 unspecified atom stereocenters. The molecule has 19 heavy (non-hydrogen) atoms. The molecule has 0 aromatic heterocycles. The second kappa shape index (κ2) is 5.57. The van der Waals surface area contributed by atoms with Gasteiger partial charge in [-0.2, -0.15) is 0 Å². The van der Waals surface area contributed by atoms with E-state index in [2.05, 4.69) is 0 Å². The molecule has 1 amide bonds. The van der Waals surface area contributed by atoms with Crippen LogP contribution in [0.25, 0.3) is 0 Å². The van der Waals surface area contributed by atoms with Crippen molar-refractivity contribution in [3.8, 4) is 0 Å². The molecule has 2 N–H and O–H groups in total. The van der Waals surface area contributed by atoms with Crippen LogP contribution in [0.3, 0.4) is 0 Å². The minimum absolute atomic E-state index is 0.0240. The Morgan fingerprint density at radius 3 is 2.53 bits per heavy atom. The average Bonchev–Trinajstić information content (AvgIpc) is 2.41. The zero-order valence-electron chi connectivity index (χ0n) is 11.3. The molecule has 2 aromatic rings. The third-order valence-electron chi connectivity index (χ3n) is 3.05. The van der Waals surface area contributed by atoms with E-state index in [0.29, 0.717) is 17.8 Å². The first kappa shape index (κ1) is 13.1. The van der Waals surface area contributed by atoms with E-state index in [1.165, 1.54) is 0 Å². The lowest BCUT2D eigenvalue weighted by molar-refractivity contribution is 0.0988. The molecular formula is C16H18N2O. The molecule has 0 spiro atoms. The smallest absolute Gasteiger partial charge is 0.258 e. The SMILES string of the molecule is CCN(C(=O)c1cccc(C)c1)c1ccccc1N. The molecule has 98 valence electrons. The number of hydrogen-bond acceptors (Lipinski definition) is 2. The fraction of sp³-hybridized carbons (Fsp3) is 0.188. The maximum atomic E-state index is 12.6. The monoisotopic (exact) mass is 254 g/mol. The lowest BCUT2D eigenvalue weighted by Crippen LogP contribution is -2.31. The van der Waals surface area contributed by atoms with Crippen molar-refractivity contribution >= 4 is 17.3 Å². The van der Waals surface area contributed by atoms with Crippen LogP contribution in [0.5, 0.6) is 0 Å². The molecule has 0 bridgehead atoms. The van der Waals surface area contributed by atoms with Crippen molar-refractivity contribution in [1.82, 2.24) is 0 Å². The van der Waals surface area contributed by atoms with E-state index in [-0.39, 0.29) is 5.91 Å². The first-order valence-electron chi connectivity index (χ1n) is 6.36. The molecule has 0 fully saturated rings. The number of anilines is 2. The normalized spacial score (nSPS) is 10.2. The number of para-hydroxylation sites is 2. The van der Waals surface area contributed by atoms with Crippen LogP contribution >= 0.6 is 0 Å². The summed E-state index contributed by atoms with van der Waals surface area (Å²) in [6.45, 7) is 4.51. The van der Waals surface area contributed by atoms with Gasteiger partial charge in [0.05, 0.1) is 11.4 Å². The summed E-state index contributed by atoms with van der Waals surface area (Å²) in [6, 6.07) is 15.0. The van der Waals surface area contributed by atoms with Crippen LogP contribution in [0.1, 0.15) is 22.8 Å². The van der Waals surface area contributed by atoms with Gasteiger partial charge in [0.1, 0.15) is 0 Å². The maximum absolute atomic E-state index is 12.6. The summed E-state index contributed by atoms with van der Waals surface area (Å²) >= 11 is 0. The van der Waals surface area contributed by atoms with Crippen LogP contribution < -0.4 is 10.6 Å². The van der Waals surface area contributed by atoms with Crippen LogP contribution in [-0.2, 0) is 0 Å². The number of benzene rings is 2. The lowest BCUT2D eigenvalue weighted by atomic mass is 10.1. The number of nitrogens with zero attached hydrogens (tertiary/aromatic N) is 1. The number of aryl methyl sites for hydroxylation is 1. The summed E-state index contributed by atoms with van der Waals surface area (Å²) in [5.41, 5.74) is 9.08. The van der Waals surface area contributed by atoms with Gasteiger partial charge in [0, 0.05) is 12.1 Å². The Kier molecular flexibility index (Phi) is 3.85. The minimum atomic E-state index is -0.0240. The van der Waals surface area contributed by atoms with Gasteiger partial charge in [0.2, 0.25) is 0 Å². The van der Waals surface area contributed by atoms with Gasteiger partial charge in [0.25, 0.3) is 5.91 Å². The van der Waals surface area contributed by atoms with Gasteiger partial charge < -0.3 is 10.6 Å². The highest BCUT2D eigenvalue weighted by Crippen LogP contribution is 2.24. The van der Waals surface area contributed by atoms with E-state index < -0.39 is 0 Å². The lowest BCUT2D eigenvalue weighted by Gasteiger charge is -2.22. The molecule has 0 aliphatic rings. The largest absolute Gasteiger partial charge is 0.397 e. The molecule has 0 saturated carbocycles. The minimum Gasteiger partial charge on any atom is -0.397 e. The average molecular weight is 254 g/mol. The number of nitrogen functional groups attached to an aromatic ring is 1. The van der Waals surface area contributed by atoms with Gasteiger partial charge in [-0.05, 0) is 38.1 Å². The molecule has 0 radical (unpaired) electrons. The number of rotatable bonds is 3. The molecular weight excluding hydrogens is 236 g/mol. The maximum Gasteiger partial charge on any atom is 0.258 e. The topological polar surface area (TPSA) is 46.3 Å². The van der Waals surface area contributed by atoms with Crippen molar-refractivity contribution in [3.05, 3.63) is 59.7 Å². The van der Waals surface area contributed by atoms with Crippen LogP contribution in [0.4, 0.5) is 11.4 Å². The van der Waals surface area contributed by atoms with Crippen molar-refractivity contribution in [1.29, 1.82) is 0 Å². The highest BCUT2D eigenvalue weighted by molar-refractivity contribution is 6.07.